The molecule has 0 aromatic heterocycles. The Labute approximate surface area is 195 Å². The van der Waals surface area contributed by atoms with Crippen LogP contribution in [0.3, 0.4) is 0 Å². The number of esters is 1. The molecule has 4 heteroatoms. The molecule has 0 amide bonds. The number of hydrogen-bond acceptors (Lipinski definition) is 3. The van der Waals surface area contributed by atoms with Crippen molar-refractivity contribution in [3.8, 4) is 0 Å². The van der Waals surface area contributed by atoms with Crippen LogP contribution in [0.2, 0.25) is 0 Å². The first-order chi connectivity index (χ1) is 14.9. The predicted molar refractivity (Wildman–Crippen MR) is 126 cm³/mol. The normalized spacial score (nSPS) is 47.2. The Morgan fingerprint density at radius 2 is 1.62 bits per heavy atom. The quantitative estimate of drug-likeness (QED) is 0.484. The van der Waals surface area contributed by atoms with Crippen LogP contribution in [0, 0.1) is 46.3 Å². The van der Waals surface area contributed by atoms with Gasteiger partial charge in [0, 0.05) is 6.42 Å². The van der Waals surface area contributed by atoms with Gasteiger partial charge in [0.15, 0.2) is 0 Å². The maximum atomic E-state index is 15.0. The summed E-state index contributed by atoms with van der Waals surface area (Å²) in [6.07, 6.45) is 8.35. The Morgan fingerprint density at radius 1 is 1.00 bits per heavy atom. The van der Waals surface area contributed by atoms with E-state index in [1.165, 1.54) is 25.7 Å². The van der Waals surface area contributed by atoms with Crippen LogP contribution in [-0.4, -0.2) is 29.0 Å². The predicted octanol–water partition coefficient (Wildman–Crippen LogP) is 6.71. The number of carbonyl (C=O) groups excluding carboxylic acids is 1. The topological polar surface area (TPSA) is 46.5 Å². The third-order valence-electron chi connectivity index (χ3n) is 10.7. The molecular formula is C28H47FO3. The third-order valence-corrected chi connectivity index (χ3v) is 10.7. The number of ether oxygens (including phenoxy) is 1. The molecule has 0 aromatic rings. The lowest BCUT2D eigenvalue weighted by molar-refractivity contribution is -0.158. The lowest BCUT2D eigenvalue weighted by Crippen LogP contribution is -2.57. The van der Waals surface area contributed by atoms with Crippen molar-refractivity contribution in [3.05, 3.63) is 0 Å². The van der Waals surface area contributed by atoms with Gasteiger partial charge in [0.1, 0.15) is 11.8 Å². The first-order valence-corrected chi connectivity index (χ1v) is 13.4. The highest BCUT2D eigenvalue weighted by molar-refractivity contribution is 5.69. The van der Waals surface area contributed by atoms with Gasteiger partial charge in [0.2, 0.25) is 0 Å². The maximum absolute atomic E-state index is 15.0. The van der Waals surface area contributed by atoms with Crippen LogP contribution in [0.5, 0.6) is 0 Å². The molecule has 0 aliphatic heterocycles. The van der Waals surface area contributed by atoms with Gasteiger partial charge < -0.3 is 9.84 Å². The SMILES string of the molecule is C[C@H](CCC(=O)OC(C)(C)C)C1CC[C@H]2[C@@H]3CC[C@@H]4[C@@H](F)C(O)CC[C@]4(C)[C@H]3CC[C@]12C. The second-order valence-corrected chi connectivity index (χ2v) is 13.4. The van der Waals surface area contributed by atoms with Crippen LogP contribution >= 0.6 is 0 Å². The van der Waals surface area contributed by atoms with Gasteiger partial charge in [-0.15, -0.1) is 0 Å². The fourth-order valence-electron chi connectivity index (χ4n) is 9.18. The standard InChI is InChI=1S/C28H47FO3/c1-17(7-12-24(31)32-26(2,3)4)19-10-11-20-18-8-9-22-25(29)23(30)14-16-28(22,6)21(18)13-15-27(19,20)5/h17-23,25,30H,7-16H2,1-6H3/t17-,18+,19?,20+,21+,22-,23?,25-,27-,28-/m1/s1. The van der Waals surface area contributed by atoms with Crippen LogP contribution in [0.15, 0.2) is 0 Å². The number of hydrogen-bond donors (Lipinski definition) is 1. The van der Waals surface area contributed by atoms with Crippen molar-refractivity contribution in [3.63, 3.8) is 0 Å². The second kappa shape index (κ2) is 8.54. The van der Waals surface area contributed by atoms with E-state index in [2.05, 4.69) is 20.8 Å². The van der Waals surface area contributed by atoms with Crippen molar-refractivity contribution in [2.24, 2.45) is 46.3 Å². The molecule has 0 radical (unpaired) electrons. The minimum Gasteiger partial charge on any atom is -0.460 e. The van der Waals surface area contributed by atoms with E-state index >= 15 is 0 Å². The molecule has 0 aromatic carbocycles. The van der Waals surface area contributed by atoms with Gasteiger partial charge in [0.05, 0.1) is 6.10 Å². The molecule has 1 N–H and O–H groups in total. The number of fused-ring (bicyclic) bond motifs is 5. The number of aliphatic hydroxyl groups is 1. The van der Waals surface area contributed by atoms with Crippen molar-refractivity contribution in [1.29, 1.82) is 0 Å². The summed E-state index contributed by atoms with van der Waals surface area (Å²) in [6, 6.07) is 0. The minimum atomic E-state index is -1.03. The lowest BCUT2D eigenvalue weighted by atomic mass is 9.44. The molecule has 0 bridgehead atoms. The fourth-order valence-corrected chi connectivity index (χ4v) is 9.18. The Kier molecular flexibility index (Phi) is 6.53. The molecule has 0 heterocycles. The first-order valence-electron chi connectivity index (χ1n) is 13.4. The maximum Gasteiger partial charge on any atom is 0.306 e. The number of aliphatic hydroxyl groups excluding tert-OH is 1. The molecule has 4 rings (SSSR count). The molecule has 4 saturated carbocycles. The van der Waals surface area contributed by atoms with E-state index in [-0.39, 0.29) is 17.3 Å². The summed E-state index contributed by atoms with van der Waals surface area (Å²) in [5.74, 6) is 3.23. The van der Waals surface area contributed by atoms with Gasteiger partial charge >= 0.3 is 5.97 Å². The summed E-state index contributed by atoms with van der Waals surface area (Å²) in [6.45, 7) is 13.0. The van der Waals surface area contributed by atoms with Gasteiger partial charge in [-0.25, -0.2) is 4.39 Å². The molecule has 0 spiro atoms. The fraction of sp³-hybridized carbons (Fsp3) is 0.964. The van der Waals surface area contributed by atoms with Gasteiger partial charge in [-0.3, -0.25) is 4.79 Å². The number of carbonyl (C=O) groups is 1. The van der Waals surface area contributed by atoms with Crippen molar-refractivity contribution in [2.45, 2.75) is 124 Å². The number of rotatable bonds is 4. The van der Waals surface area contributed by atoms with E-state index in [0.29, 0.717) is 41.9 Å². The van der Waals surface area contributed by atoms with Crippen LogP contribution < -0.4 is 0 Å². The van der Waals surface area contributed by atoms with E-state index in [1.54, 1.807) is 0 Å². The van der Waals surface area contributed by atoms with Crippen molar-refractivity contribution < 1.29 is 19.0 Å². The molecule has 10 atom stereocenters. The summed E-state index contributed by atoms with van der Waals surface area (Å²) in [5, 5.41) is 10.2. The summed E-state index contributed by atoms with van der Waals surface area (Å²) >= 11 is 0. The molecule has 4 aliphatic carbocycles. The van der Waals surface area contributed by atoms with Crippen LogP contribution in [0.1, 0.15) is 106 Å². The Balaban J connectivity index is 1.43. The Bertz CT molecular complexity index is 701. The van der Waals surface area contributed by atoms with Crippen molar-refractivity contribution in [2.75, 3.05) is 0 Å². The van der Waals surface area contributed by atoms with Crippen molar-refractivity contribution >= 4 is 5.97 Å². The lowest BCUT2D eigenvalue weighted by Gasteiger charge is -2.61. The average Bonchev–Trinajstić information content (AvgIpc) is 3.05. The van der Waals surface area contributed by atoms with Crippen molar-refractivity contribution in [1.82, 2.24) is 0 Å². The second-order valence-electron chi connectivity index (χ2n) is 13.4. The Hall–Kier alpha value is -0.640. The molecule has 0 saturated heterocycles. The zero-order valence-corrected chi connectivity index (χ0v) is 21.3. The minimum absolute atomic E-state index is 0.0433. The van der Waals surface area contributed by atoms with Crippen LogP contribution in [-0.2, 0) is 9.53 Å². The van der Waals surface area contributed by atoms with Gasteiger partial charge in [-0.2, -0.15) is 0 Å². The Morgan fingerprint density at radius 3 is 2.31 bits per heavy atom. The summed E-state index contributed by atoms with van der Waals surface area (Å²) < 4.78 is 20.5. The van der Waals surface area contributed by atoms with E-state index in [4.69, 9.17) is 4.74 Å². The summed E-state index contributed by atoms with van der Waals surface area (Å²) in [7, 11) is 0. The highest BCUT2D eigenvalue weighted by atomic mass is 19.1. The highest BCUT2D eigenvalue weighted by Crippen LogP contribution is 2.68. The first kappa shape index (κ1) is 24.5. The van der Waals surface area contributed by atoms with E-state index in [1.807, 2.05) is 20.8 Å². The van der Waals surface area contributed by atoms with Gasteiger partial charge in [-0.05, 0) is 125 Å². The van der Waals surface area contributed by atoms with E-state index in [0.717, 1.165) is 31.6 Å². The monoisotopic (exact) mass is 450 g/mol. The molecule has 184 valence electrons. The molecule has 4 aliphatic rings. The molecule has 3 nitrogen and oxygen atoms in total. The van der Waals surface area contributed by atoms with E-state index in [9.17, 15) is 14.3 Å². The van der Waals surface area contributed by atoms with Gasteiger partial charge in [-0.1, -0.05) is 20.8 Å². The highest BCUT2D eigenvalue weighted by Gasteiger charge is 2.62. The number of halogens is 1. The number of alkyl halides is 1. The van der Waals surface area contributed by atoms with Crippen LogP contribution in [0.4, 0.5) is 4.39 Å². The average molecular weight is 451 g/mol. The van der Waals surface area contributed by atoms with E-state index < -0.39 is 17.9 Å². The summed E-state index contributed by atoms with van der Waals surface area (Å²) in [4.78, 5) is 12.3. The summed E-state index contributed by atoms with van der Waals surface area (Å²) in [5.41, 5.74) is -0.00378. The largest absolute Gasteiger partial charge is 0.460 e. The smallest absolute Gasteiger partial charge is 0.306 e. The molecule has 32 heavy (non-hydrogen) atoms. The third kappa shape index (κ3) is 4.16. The molecule has 2 unspecified atom stereocenters. The van der Waals surface area contributed by atoms with Crippen LogP contribution in [0.25, 0.3) is 0 Å². The zero-order chi connectivity index (χ0) is 23.5. The van der Waals surface area contributed by atoms with Gasteiger partial charge in [0.25, 0.3) is 0 Å². The zero-order valence-electron chi connectivity index (χ0n) is 21.3. The molecule has 4 fully saturated rings. The molecular weight excluding hydrogens is 403 g/mol.